The van der Waals surface area contributed by atoms with E-state index in [0.29, 0.717) is 19.1 Å². The molecule has 0 saturated heterocycles. The first-order chi connectivity index (χ1) is 8.63. The second-order valence-corrected chi connectivity index (χ2v) is 4.76. The van der Waals surface area contributed by atoms with Crippen molar-refractivity contribution in [3.8, 4) is 11.8 Å². The van der Waals surface area contributed by atoms with E-state index in [1.54, 1.807) is 0 Å². The topological polar surface area (TPSA) is 45.0 Å². The van der Waals surface area contributed by atoms with Gasteiger partial charge in [-0.15, -0.1) is 0 Å². The molecule has 0 aromatic heterocycles. The summed E-state index contributed by atoms with van der Waals surface area (Å²) in [7, 11) is 0. The van der Waals surface area contributed by atoms with Crippen LogP contribution in [0, 0.1) is 18.3 Å². The minimum atomic E-state index is 0.456. The van der Waals surface area contributed by atoms with Crippen molar-refractivity contribution < 1.29 is 4.74 Å². The Kier molecular flexibility index (Phi) is 6.24. The van der Waals surface area contributed by atoms with Gasteiger partial charge in [-0.3, -0.25) is 0 Å². The molecule has 0 aliphatic heterocycles. The Hall–Kier alpha value is -1.53. The molecule has 0 unspecified atom stereocenters. The van der Waals surface area contributed by atoms with Crippen LogP contribution in [0.2, 0.25) is 0 Å². The first-order valence-electron chi connectivity index (χ1n) is 6.46. The highest BCUT2D eigenvalue weighted by atomic mass is 16.5. The zero-order valence-electron chi connectivity index (χ0n) is 11.5. The van der Waals surface area contributed by atoms with Crippen molar-refractivity contribution in [1.82, 2.24) is 5.32 Å². The number of hydrogen-bond acceptors (Lipinski definition) is 3. The molecule has 1 aromatic rings. The number of nitrogens with one attached hydrogen (secondary N) is 1. The van der Waals surface area contributed by atoms with E-state index >= 15 is 0 Å². The SMILES string of the molecule is Cc1ccc(OCCCC#N)c(CNC(C)C)c1. The lowest BCUT2D eigenvalue weighted by atomic mass is 10.1. The van der Waals surface area contributed by atoms with Crippen molar-refractivity contribution in [2.24, 2.45) is 0 Å². The third-order valence-electron chi connectivity index (χ3n) is 2.61. The highest BCUT2D eigenvalue weighted by Crippen LogP contribution is 2.20. The first kappa shape index (κ1) is 14.5. The van der Waals surface area contributed by atoms with Gasteiger partial charge in [0, 0.05) is 24.6 Å². The van der Waals surface area contributed by atoms with Gasteiger partial charge in [0.15, 0.2) is 0 Å². The average molecular weight is 246 g/mol. The molecule has 0 radical (unpaired) electrons. The van der Waals surface area contributed by atoms with Crippen molar-refractivity contribution in [2.45, 2.75) is 46.2 Å². The lowest BCUT2D eigenvalue weighted by Crippen LogP contribution is -2.22. The fourth-order valence-electron chi connectivity index (χ4n) is 1.63. The minimum absolute atomic E-state index is 0.456. The number of nitrogens with zero attached hydrogens (tertiary/aromatic N) is 1. The standard InChI is InChI=1S/C15H22N2O/c1-12(2)17-11-14-10-13(3)6-7-15(14)18-9-5-4-8-16/h6-7,10,12,17H,4-5,9,11H2,1-3H3. The molecule has 0 aliphatic rings. The molecule has 0 spiro atoms. The molecule has 0 saturated carbocycles. The molecular formula is C15H22N2O. The number of hydrogen-bond donors (Lipinski definition) is 1. The van der Waals surface area contributed by atoms with Crippen LogP contribution in [0.1, 0.15) is 37.8 Å². The van der Waals surface area contributed by atoms with Gasteiger partial charge in [0.05, 0.1) is 12.7 Å². The maximum Gasteiger partial charge on any atom is 0.123 e. The van der Waals surface area contributed by atoms with Crippen LogP contribution in [0.5, 0.6) is 5.75 Å². The van der Waals surface area contributed by atoms with Crippen molar-refractivity contribution in [3.63, 3.8) is 0 Å². The van der Waals surface area contributed by atoms with E-state index in [-0.39, 0.29) is 0 Å². The van der Waals surface area contributed by atoms with Gasteiger partial charge in [0.25, 0.3) is 0 Å². The highest BCUT2D eigenvalue weighted by molar-refractivity contribution is 5.36. The largest absolute Gasteiger partial charge is 0.493 e. The molecule has 18 heavy (non-hydrogen) atoms. The summed E-state index contributed by atoms with van der Waals surface area (Å²) in [5.74, 6) is 0.923. The van der Waals surface area contributed by atoms with Crippen molar-refractivity contribution in [1.29, 1.82) is 5.26 Å². The third-order valence-corrected chi connectivity index (χ3v) is 2.61. The second-order valence-electron chi connectivity index (χ2n) is 4.76. The Labute approximate surface area is 110 Å². The van der Waals surface area contributed by atoms with Gasteiger partial charge >= 0.3 is 0 Å². The highest BCUT2D eigenvalue weighted by Gasteiger charge is 2.05. The zero-order chi connectivity index (χ0) is 13.4. The van der Waals surface area contributed by atoms with Crippen molar-refractivity contribution in [2.75, 3.05) is 6.61 Å². The maximum absolute atomic E-state index is 8.48. The predicted octanol–water partition coefficient (Wildman–Crippen LogP) is 3.18. The summed E-state index contributed by atoms with van der Waals surface area (Å²) in [6, 6.07) is 8.80. The van der Waals surface area contributed by atoms with Gasteiger partial charge in [0.2, 0.25) is 0 Å². The van der Waals surface area contributed by atoms with Crippen molar-refractivity contribution in [3.05, 3.63) is 29.3 Å². The normalized spacial score (nSPS) is 10.4. The molecule has 0 heterocycles. The van der Waals surface area contributed by atoms with Gasteiger partial charge in [-0.05, 0) is 19.4 Å². The first-order valence-corrected chi connectivity index (χ1v) is 6.46. The summed E-state index contributed by atoms with van der Waals surface area (Å²) in [5.41, 5.74) is 2.42. The van der Waals surface area contributed by atoms with Crippen molar-refractivity contribution >= 4 is 0 Å². The molecule has 3 nitrogen and oxygen atoms in total. The van der Waals surface area contributed by atoms with Crippen LogP contribution in [0.25, 0.3) is 0 Å². The summed E-state index contributed by atoms with van der Waals surface area (Å²) in [5, 5.41) is 11.9. The number of unbranched alkanes of at least 4 members (excludes halogenated alkanes) is 1. The summed E-state index contributed by atoms with van der Waals surface area (Å²) < 4.78 is 5.74. The van der Waals surface area contributed by atoms with Gasteiger partial charge in [-0.2, -0.15) is 5.26 Å². The lowest BCUT2D eigenvalue weighted by Gasteiger charge is -2.14. The number of rotatable bonds is 7. The van der Waals surface area contributed by atoms with Crippen LogP contribution in [0.3, 0.4) is 0 Å². The summed E-state index contributed by atoms with van der Waals surface area (Å²) >= 11 is 0. The Morgan fingerprint density at radius 3 is 2.83 bits per heavy atom. The fourth-order valence-corrected chi connectivity index (χ4v) is 1.63. The quantitative estimate of drug-likeness (QED) is 0.752. The molecule has 0 aliphatic carbocycles. The van der Waals surface area contributed by atoms with Gasteiger partial charge in [-0.25, -0.2) is 0 Å². The summed E-state index contributed by atoms with van der Waals surface area (Å²) in [6.45, 7) is 7.75. The Bertz CT molecular complexity index is 407. The minimum Gasteiger partial charge on any atom is -0.493 e. The average Bonchev–Trinajstić information content (AvgIpc) is 2.34. The fraction of sp³-hybridized carbons (Fsp3) is 0.533. The molecule has 3 heteroatoms. The third kappa shape index (κ3) is 5.20. The number of ether oxygens (including phenoxy) is 1. The van der Waals surface area contributed by atoms with Crippen LogP contribution >= 0.6 is 0 Å². The van der Waals surface area contributed by atoms with E-state index < -0.39 is 0 Å². The van der Waals surface area contributed by atoms with E-state index in [1.165, 1.54) is 11.1 Å². The molecule has 1 N–H and O–H groups in total. The van der Waals surface area contributed by atoms with Gasteiger partial charge in [0.1, 0.15) is 5.75 Å². The van der Waals surface area contributed by atoms with E-state index in [1.807, 2.05) is 6.07 Å². The molecule has 1 aromatic carbocycles. The maximum atomic E-state index is 8.48. The van der Waals surface area contributed by atoms with E-state index in [0.717, 1.165) is 18.7 Å². The smallest absolute Gasteiger partial charge is 0.123 e. The molecule has 0 amide bonds. The van der Waals surface area contributed by atoms with E-state index in [4.69, 9.17) is 10.00 Å². The zero-order valence-corrected chi connectivity index (χ0v) is 11.5. The van der Waals surface area contributed by atoms with Crippen LogP contribution in [-0.2, 0) is 6.54 Å². The van der Waals surface area contributed by atoms with Crippen LogP contribution in [0.4, 0.5) is 0 Å². The molecular weight excluding hydrogens is 224 g/mol. The molecule has 1 rings (SSSR count). The predicted molar refractivity (Wildman–Crippen MR) is 73.5 cm³/mol. The lowest BCUT2D eigenvalue weighted by molar-refractivity contribution is 0.308. The van der Waals surface area contributed by atoms with Crippen LogP contribution in [-0.4, -0.2) is 12.6 Å². The van der Waals surface area contributed by atoms with Gasteiger partial charge < -0.3 is 10.1 Å². The molecule has 0 fully saturated rings. The second kappa shape index (κ2) is 7.73. The Morgan fingerprint density at radius 1 is 1.39 bits per heavy atom. The van der Waals surface area contributed by atoms with E-state index in [2.05, 4.69) is 44.3 Å². The monoisotopic (exact) mass is 246 g/mol. The van der Waals surface area contributed by atoms with Crippen LogP contribution in [0.15, 0.2) is 18.2 Å². The number of aryl methyl sites for hydroxylation is 1. The molecule has 98 valence electrons. The van der Waals surface area contributed by atoms with Gasteiger partial charge in [-0.1, -0.05) is 31.5 Å². The molecule has 0 atom stereocenters. The summed E-state index contributed by atoms with van der Waals surface area (Å²) in [6.07, 6.45) is 1.33. The van der Waals surface area contributed by atoms with Crippen LogP contribution < -0.4 is 10.1 Å². The Balaban J connectivity index is 2.61. The summed E-state index contributed by atoms with van der Waals surface area (Å²) in [4.78, 5) is 0. The van der Waals surface area contributed by atoms with E-state index in [9.17, 15) is 0 Å². The molecule has 0 bridgehead atoms. The number of nitriles is 1. The number of benzene rings is 1. The Morgan fingerprint density at radius 2 is 2.17 bits per heavy atom.